The Bertz CT molecular complexity index is 190. The highest BCUT2D eigenvalue weighted by Gasteiger charge is 2.63. The van der Waals surface area contributed by atoms with Crippen molar-refractivity contribution in [2.75, 3.05) is 0 Å². The van der Waals surface area contributed by atoms with Gasteiger partial charge in [-0.25, -0.2) is 0 Å². The average molecular weight is 152 g/mol. The molecule has 0 bridgehead atoms. The molecule has 2 aliphatic rings. The van der Waals surface area contributed by atoms with Crippen molar-refractivity contribution < 1.29 is 9.31 Å². The van der Waals surface area contributed by atoms with Gasteiger partial charge in [-0.2, -0.15) is 0 Å². The standard InChI is InChI=1S/C8H13BO2/c1-4-9-10-7(2,3)8(11-9)5-6-8/h4H,1,5-6H2,2-3H3. The van der Waals surface area contributed by atoms with Gasteiger partial charge in [0.15, 0.2) is 0 Å². The Balaban J connectivity index is 2.19. The minimum Gasteiger partial charge on any atom is -0.400 e. The lowest BCUT2D eigenvalue weighted by molar-refractivity contribution is 0.0546. The Morgan fingerprint density at radius 1 is 1.36 bits per heavy atom. The fraction of sp³-hybridized carbons (Fsp3) is 0.750. The highest BCUT2D eigenvalue weighted by atomic mass is 16.7. The molecule has 0 aromatic carbocycles. The maximum Gasteiger partial charge on any atom is 0.486 e. The Morgan fingerprint density at radius 3 is 2.27 bits per heavy atom. The molecule has 2 rings (SSSR count). The van der Waals surface area contributed by atoms with E-state index >= 15 is 0 Å². The maximum atomic E-state index is 5.68. The first-order valence-corrected chi connectivity index (χ1v) is 4.08. The molecule has 1 saturated carbocycles. The summed E-state index contributed by atoms with van der Waals surface area (Å²) in [6.45, 7) is 7.83. The number of hydrogen-bond acceptors (Lipinski definition) is 2. The molecule has 2 fully saturated rings. The van der Waals surface area contributed by atoms with E-state index < -0.39 is 0 Å². The molecule has 0 atom stereocenters. The monoisotopic (exact) mass is 152 g/mol. The van der Waals surface area contributed by atoms with Crippen LogP contribution in [0.3, 0.4) is 0 Å². The molecule has 1 aliphatic heterocycles. The molecule has 0 radical (unpaired) electrons. The van der Waals surface area contributed by atoms with E-state index in [-0.39, 0.29) is 18.3 Å². The first-order valence-electron chi connectivity index (χ1n) is 4.08. The summed E-state index contributed by atoms with van der Waals surface area (Å²) in [4.78, 5) is 0. The van der Waals surface area contributed by atoms with Gasteiger partial charge in [-0.3, -0.25) is 0 Å². The molecule has 0 aromatic rings. The van der Waals surface area contributed by atoms with Crippen LogP contribution in [0.1, 0.15) is 26.7 Å². The average Bonchev–Trinajstić information content (AvgIpc) is 2.62. The zero-order valence-corrected chi connectivity index (χ0v) is 7.09. The van der Waals surface area contributed by atoms with Crippen molar-refractivity contribution in [1.29, 1.82) is 0 Å². The minimum atomic E-state index is -0.188. The van der Waals surface area contributed by atoms with Crippen molar-refractivity contribution in [3.8, 4) is 0 Å². The summed E-state index contributed by atoms with van der Waals surface area (Å²) in [5.74, 6) is 1.72. The van der Waals surface area contributed by atoms with Gasteiger partial charge in [0, 0.05) is 0 Å². The Hall–Kier alpha value is -0.275. The van der Waals surface area contributed by atoms with Crippen molar-refractivity contribution >= 4 is 7.12 Å². The third kappa shape index (κ3) is 0.877. The molecule has 1 spiro atoms. The lowest BCUT2D eigenvalue weighted by atomic mass is 9.92. The summed E-state index contributed by atoms with van der Waals surface area (Å²) in [6.07, 6.45) is 2.26. The van der Waals surface area contributed by atoms with E-state index in [4.69, 9.17) is 9.31 Å². The summed E-state index contributed by atoms with van der Waals surface area (Å²) in [6, 6.07) is 0. The summed E-state index contributed by atoms with van der Waals surface area (Å²) in [5, 5.41) is 0. The van der Waals surface area contributed by atoms with Crippen LogP contribution < -0.4 is 0 Å². The van der Waals surface area contributed by atoms with Crippen LogP contribution in [0.2, 0.25) is 0 Å². The van der Waals surface area contributed by atoms with Crippen LogP contribution in [-0.4, -0.2) is 18.3 Å². The fourth-order valence-corrected chi connectivity index (χ4v) is 1.72. The fourth-order valence-electron chi connectivity index (χ4n) is 1.72. The summed E-state index contributed by atoms with van der Waals surface area (Å²) >= 11 is 0. The van der Waals surface area contributed by atoms with Crippen LogP contribution in [-0.2, 0) is 9.31 Å². The van der Waals surface area contributed by atoms with Gasteiger partial charge in [0.25, 0.3) is 0 Å². The number of hydrogen-bond donors (Lipinski definition) is 0. The highest BCUT2D eigenvalue weighted by molar-refractivity contribution is 6.51. The first-order chi connectivity index (χ1) is 5.10. The topological polar surface area (TPSA) is 18.5 Å². The molecule has 1 heterocycles. The van der Waals surface area contributed by atoms with Gasteiger partial charge in [-0.15, -0.1) is 6.58 Å². The van der Waals surface area contributed by atoms with Gasteiger partial charge in [0.1, 0.15) is 0 Å². The minimum absolute atomic E-state index is 0.0197. The highest BCUT2D eigenvalue weighted by Crippen LogP contribution is 2.54. The van der Waals surface area contributed by atoms with Crippen LogP contribution in [0.15, 0.2) is 12.6 Å². The van der Waals surface area contributed by atoms with Crippen LogP contribution in [0.5, 0.6) is 0 Å². The second-order valence-electron chi connectivity index (χ2n) is 3.84. The van der Waals surface area contributed by atoms with Crippen LogP contribution in [0.4, 0.5) is 0 Å². The van der Waals surface area contributed by atoms with E-state index in [1.807, 2.05) is 0 Å². The third-order valence-corrected chi connectivity index (χ3v) is 2.75. The van der Waals surface area contributed by atoms with Crippen molar-refractivity contribution in [2.24, 2.45) is 0 Å². The van der Waals surface area contributed by atoms with E-state index in [0.29, 0.717) is 0 Å². The van der Waals surface area contributed by atoms with E-state index in [9.17, 15) is 0 Å². The molecule has 0 unspecified atom stereocenters. The predicted molar refractivity (Wildman–Crippen MR) is 44.2 cm³/mol. The summed E-state index contributed by atoms with van der Waals surface area (Å²) in [7, 11) is -0.188. The second-order valence-corrected chi connectivity index (χ2v) is 3.84. The molecule has 60 valence electrons. The Kier molecular flexibility index (Phi) is 1.28. The first kappa shape index (κ1) is 7.38. The van der Waals surface area contributed by atoms with E-state index in [0.717, 1.165) is 12.8 Å². The lowest BCUT2D eigenvalue weighted by Gasteiger charge is -2.24. The largest absolute Gasteiger partial charge is 0.486 e. The van der Waals surface area contributed by atoms with Crippen LogP contribution in [0, 0.1) is 0 Å². The maximum absolute atomic E-state index is 5.68. The zero-order valence-electron chi connectivity index (χ0n) is 7.09. The SMILES string of the molecule is C=CB1OC(C)(C)C2(CC2)O1. The molecule has 2 nitrogen and oxygen atoms in total. The molecular weight excluding hydrogens is 139 g/mol. The van der Waals surface area contributed by atoms with Crippen molar-refractivity contribution in [3.63, 3.8) is 0 Å². The van der Waals surface area contributed by atoms with Crippen molar-refractivity contribution in [3.05, 3.63) is 12.6 Å². The molecule has 11 heavy (non-hydrogen) atoms. The van der Waals surface area contributed by atoms with Gasteiger partial charge < -0.3 is 9.31 Å². The molecule has 3 heteroatoms. The van der Waals surface area contributed by atoms with Crippen molar-refractivity contribution in [2.45, 2.75) is 37.9 Å². The predicted octanol–water partition coefficient (Wildman–Crippen LogP) is 1.56. The van der Waals surface area contributed by atoms with Gasteiger partial charge in [-0.05, 0) is 26.7 Å². The molecule has 0 amide bonds. The normalized spacial score (nSPS) is 30.9. The van der Waals surface area contributed by atoms with Crippen molar-refractivity contribution in [1.82, 2.24) is 0 Å². The molecule has 0 N–H and O–H groups in total. The third-order valence-electron chi connectivity index (χ3n) is 2.75. The van der Waals surface area contributed by atoms with E-state index in [1.54, 1.807) is 5.98 Å². The van der Waals surface area contributed by atoms with Gasteiger partial charge in [0.05, 0.1) is 11.2 Å². The van der Waals surface area contributed by atoms with E-state index in [2.05, 4.69) is 20.4 Å². The van der Waals surface area contributed by atoms with Gasteiger partial charge in [0.2, 0.25) is 0 Å². The molecule has 1 aliphatic carbocycles. The van der Waals surface area contributed by atoms with Crippen LogP contribution in [0.25, 0.3) is 0 Å². The van der Waals surface area contributed by atoms with Gasteiger partial charge >= 0.3 is 7.12 Å². The smallest absolute Gasteiger partial charge is 0.400 e. The number of rotatable bonds is 1. The lowest BCUT2D eigenvalue weighted by Crippen LogP contribution is -2.34. The van der Waals surface area contributed by atoms with E-state index in [1.165, 1.54) is 0 Å². The summed E-state index contributed by atoms with van der Waals surface area (Å²) < 4.78 is 11.3. The quantitative estimate of drug-likeness (QED) is 0.530. The van der Waals surface area contributed by atoms with Crippen LogP contribution >= 0.6 is 0 Å². The Morgan fingerprint density at radius 2 is 2.00 bits per heavy atom. The second kappa shape index (κ2) is 1.90. The molecular formula is C8H13BO2. The Labute approximate surface area is 67.7 Å². The van der Waals surface area contributed by atoms with Gasteiger partial charge in [-0.1, -0.05) is 5.98 Å². The molecule has 1 saturated heterocycles. The zero-order chi connectivity index (χ0) is 8.11. The molecule has 0 aromatic heterocycles. The summed E-state index contributed by atoms with van der Waals surface area (Å²) in [5.41, 5.74) is -0.0995.